The first-order chi connectivity index (χ1) is 12.4. The topological polar surface area (TPSA) is 43.1 Å². The van der Waals surface area contributed by atoms with E-state index in [2.05, 4.69) is 4.98 Å². The lowest BCUT2D eigenvalue weighted by Crippen LogP contribution is -2.08. The third-order valence-corrected chi connectivity index (χ3v) is 3.89. The zero-order valence-corrected chi connectivity index (χ0v) is 13.8. The Kier molecular flexibility index (Phi) is 5.21. The second-order valence-electron chi connectivity index (χ2n) is 5.86. The molecule has 134 valence electrons. The Balaban J connectivity index is 1.94. The zero-order valence-electron chi connectivity index (χ0n) is 13.8. The van der Waals surface area contributed by atoms with Crippen molar-refractivity contribution in [2.45, 2.75) is 25.4 Å². The van der Waals surface area contributed by atoms with E-state index in [4.69, 9.17) is 4.42 Å². The van der Waals surface area contributed by atoms with E-state index in [-0.39, 0.29) is 18.7 Å². The molecule has 0 spiro atoms. The molecule has 0 radical (unpaired) electrons. The van der Waals surface area contributed by atoms with Crippen LogP contribution in [0.5, 0.6) is 0 Å². The third-order valence-electron chi connectivity index (χ3n) is 3.89. The SMILES string of the molecule is O=c1cc(-c2ccccc2CCCC(F)(F)F)nc(-c2ccccc2)o1. The summed E-state index contributed by atoms with van der Waals surface area (Å²) in [6.45, 7) is 0. The maximum atomic E-state index is 12.4. The molecule has 0 N–H and O–H groups in total. The highest BCUT2D eigenvalue weighted by Crippen LogP contribution is 2.27. The molecule has 0 aliphatic carbocycles. The summed E-state index contributed by atoms with van der Waals surface area (Å²) in [6, 6.07) is 17.3. The van der Waals surface area contributed by atoms with Crippen molar-refractivity contribution in [1.29, 1.82) is 0 Å². The van der Waals surface area contributed by atoms with Crippen molar-refractivity contribution in [3.05, 3.63) is 76.6 Å². The summed E-state index contributed by atoms with van der Waals surface area (Å²) in [5, 5.41) is 0. The monoisotopic (exact) mass is 359 g/mol. The van der Waals surface area contributed by atoms with Gasteiger partial charge >= 0.3 is 11.8 Å². The molecule has 0 atom stereocenters. The second-order valence-corrected chi connectivity index (χ2v) is 5.86. The van der Waals surface area contributed by atoms with Crippen molar-refractivity contribution < 1.29 is 17.6 Å². The van der Waals surface area contributed by atoms with Gasteiger partial charge in [0.25, 0.3) is 0 Å². The summed E-state index contributed by atoms with van der Waals surface area (Å²) >= 11 is 0. The van der Waals surface area contributed by atoms with E-state index in [1.165, 1.54) is 6.07 Å². The molecule has 0 saturated heterocycles. The lowest BCUT2D eigenvalue weighted by molar-refractivity contribution is -0.135. The highest BCUT2D eigenvalue weighted by atomic mass is 19.4. The van der Waals surface area contributed by atoms with E-state index in [9.17, 15) is 18.0 Å². The average molecular weight is 359 g/mol. The summed E-state index contributed by atoms with van der Waals surface area (Å²) in [5.41, 5.74) is 1.84. The molecular weight excluding hydrogens is 343 g/mol. The zero-order chi connectivity index (χ0) is 18.6. The van der Waals surface area contributed by atoms with Crippen LogP contribution in [-0.4, -0.2) is 11.2 Å². The molecule has 0 bridgehead atoms. The van der Waals surface area contributed by atoms with Gasteiger partial charge < -0.3 is 4.42 Å². The predicted molar refractivity (Wildman–Crippen MR) is 92.6 cm³/mol. The van der Waals surface area contributed by atoms with Crippen molar-refractivity contribution in [2.75, 3.05) is 0 Å². The molecule has 3 nitrogen and oxygen atoms in total. The highest BCUT2D eigenvalue weighted by molar-refractivity contribution is 5.65. The molecule has 0 saturated carbocycles. The van der Waals surface area contributed by atoms with Gasteiger partial charge in [0.15, 0.2) is 0 Å². The Hall–Kier alpha value is -2.89. The molecule has 0 amide bonds. The van der Waals surface area contributed by atoms with E-state index in [0.717, 1.165) is 0 Å². The van der Waals surface area contributed by atoms with Gasteiger partial charge in [-0.2, -0.15) is 13.2 Å². The van der Waals surface area contributed by atoms with Crippen LogP contribution in [0.3, 0.4) is 0 Å². The quantitative estimate of drug-likeness (QED) is 0.625. The maximum Gasteiger partial charge on any atom is 0.389 e. The number of benzene rings is 2. The lowest BCUT2D eigenvalue weighted by Gasteiger charge is -2.10. The molecule has 2 aromatic carbocycles. The number of nitrogens with zero attached hydrogens (tertiary/aromatic N) is 1. The Morgan fingerprint density at radius 2 is 1.65 bits per heavy atom. The molecule has 1 heterocycles. The Morgan fingerprint density at radius 1 is 0.962 bits per heavy atom. The van der Waals surface area contributed by atoms with Crippen LogP contribution in [0.15, 0.2) is 69.9 Å². The van der Waals surface area contributed by atoms with Gasteiger partial charge in [0, 0.05) is 17.5 Å². The van der Waals surface area contributed by atoms with Gasteiger partial charge in [0.1, 0.15) is 0 Å². The first-order valence-electron chi connectivity index (χ1n) is 8.15. The standard InChI is InChI=1S/C20H16F3NO2/c21-20(22,23)12-6-10-14-7-4-5-11-16(14)17-13-18(25)26-19(24-17)15-8-2-1-3-9-15/h1-5,7-9,11,13H,6,10,12H2. The molecule has 0 fully saturated rings. The number of aromatic nitrogens is 1. The summed E-state index contributed by atoms with van der Waals surface area (Å²) in [7, 11) is 0. The third kappa shape index (κ3) is 4.59. The number of hydrogen-bond acceptors (Lipinski definition) is 3. The van der Waals surface area contributed by atoms with Gasteiger partial charge in [0.05, 0.1) is 11.8 Å². The van der Waals surface area contributed by atoms with Crippen LogP contribution in [0.25, 0.3) is 22.7 Å². The molecule has 26 heavy (non-hydrogen) atoms. The minimum Gasteiger partial charge on any atom is -0.404 e. The molecule has 1 aromatic heterocycles. The highest BCUT2D eigenvalue weighted by Gasteiger charge is 2.26. The Morgan fingerprint density at radius 3 is 2.38 bits per heavy atom. The number of alkyl halides is 3. The van der Waals surface area contributed by atoms with Crippen LogP contribution in [0, 0.1) is 0 Å². The van der Waals surface area contributed by atoms with Crippen LogP contribution < -0.4 is 5.63 Å². The summed E-state index contributed by atoms with van der Waals surface area (Å²) < 4.78 is 42.4. The number of hydrogen-bond donors (Lipinski definition) is 0. The fourth-order valence-electron chi connectivity index (χ4n) is 2.71. The first-order valence-corrected chi connectivity index (χ1v) is 8.15. The van der Waals surface area contributed by atoms with E-state index in [1.54, 1.807) is 48.5 Å². The van der Waals surface area contributed by atoms with Crippen LogP contribution in [0.4, 0.5) is 13.2 Å². The summed E-state index contributed by atoms with van der Waals surface area (Å²) in [5.74, 6) is 0.179. The molecular formula is C20H16F3NO2. The van der Waals surface area contributed by atoms with Crippen molar-refractivity contribution in [3.63, 3.8) is 0 Å². The van der Waals surface area contributed by atoms with Crippen LogP contribution in [-0.2, 0) is 6.42 Å². The maximum absolute atomic E-state index is 12.4. The number of halogens is 3. The largest absolute Gasteiger partial charge is 0.404 e. The minimum absolute atomic E-state index is 0.0203. The lowest BCUT2D eigenvalue weighted by atomic mass is 9.99. The van der Waals surface area contributed by atoms with Crippen molar-refractivity contribution in [1.82, 2.24) is 4.98 Å². The first kappa shape index (κ1) is 17.9. The van der Waals surface area contributed by atoms with Crippen molar-refractivity contribution >= 4 is 0 Å². The smallest absolute Gasteiger partial charge is 0.389 e. The van der Waals surface area contributed by atoms with Crippen LogP contribution in [0.2, 0.25) is 0 Å². The molecule has 0 aliphatic rings. The fourth-order valence-corrected chi connectivity index (χ4v) is 2.71. The van der Waals surface area contributed by atoms with E-state index < -0.39 is 18.2 Å². The Bertz CT molecular complexity index is 934. The van der Waals surface area contributed by atoms with Gasteiger partial charge in [-0.15, -0.1) is 0 Å². The van der Waals surface area contributed by atoms with E-state index in [1.807, 2.05) is 6.07 Å². The average Bonchev–Trinajstić information content (AvgIpc) is 2.61. The van der Waals surface area contributed by atoms with Gasteiger partial charge in [-0.25, -0.2) is 9.78 Å². The van der Waals surface area contributed by atoms with E-state index in [0.29, 0.717) is 22.4 Å². The van der Waals surface area contributed by atoms with Crippen molar-refractivity contribution in [3.8, 4) is 22.7 Å². The van der Waals surface area contributed by atoms with Gasteiger partial charge in [-0.1, -0.05) is 42.5 Å². The van der Waals surface area contributed by atoms with E-state index >= 15 is 0 Å². The van der Waals surface area contributed by atoms with Crippen LogP contribution >= 0.6 is 0 Å². The van der Waals surface area contributed by atoms with Crippen molar-refractivity contribution in [2.24, 2.45) is 0 Å². The van der Waals surface area contributed by atoms with Gasteiger partial charge in [-0.3, -0.25) is 0 Å². The predicted octanol–water partition coefficient (Wildman–Crippen LogP) is 5.25. The summed E-state index contributed by atoms with van der Waals surface area (Å²) in [4.78, 5) is 16.4. The Labute approximate surface area is 148 Å². The summed E-state index contributed by atoms with van der Waals surface area (Å²) in [6.07, 6.45) is -4.80. The van der Waals surface area contributed by atoms with Gasteiger partial charge in [-0.05, 0) is 30.5 Å². The number of rotatable bonds is 5. The molecule has 6 heteroatoms. The molecule has 0 aliphatic heterocycles. The molecule has 0 unspecified atom stereocenters. The molecule has 3 rings (SSSR count). The second kappa shape index (κ2) is 7.56. The number of aryl methyl sites for hydroxylation is 1. The fraction of sp³-hybridized carbons (Fsp3) is 0.200. The van der Waals surface area contributed by atoms with Crippen LogP contribution in [0.1, 0.15) is 18.4 Å². The van der Waals surface area contributed by atoms with Gasteiger partial charge in [0.2, 0.25) is 5.89 Å². The minimum atomic E-state index is -4.18. The normalized spacial score (nSPS) is 11.5. The molecule has 3 aromatic rings.